The summed E-state index contributed by atoms with van der Waals surface area (Å²) in [5, 5.41) is 2.98. The number of carbonyl (C=O) groups excluding carboxylic acids is 2. The van der Waals surface area contributed by atoms with Crippen LogP contribution in [0, 0.1) is 0 Å². The second kappa shape index (κ2) is 12.7. The first-order valence-corrected chi connectivity index (χ1v) is 9.87. The number of hydrogen-bond acceptors (Lipinski definition) is 8. The maximum Gasteiger partial charge on any atom is 0.261 e. The van der Waals surface area contributed by atoms with E-state index in [0.717, 1.165) is 58.4 Å². The van der Waals surface area contributed by atoms with Gasteiger partial charge in [-0.25, -0.2) is 0 Å². The monoisotopic (exact) mass is 399 g/mol. The number of amides is 2. The first-order chi connectivity index (χ1) is 13.6. The highest BCUT2D eigenvalue weighted by atomic mass is 16.5. The lowest BCUT2D eigenvalue weighted by atomic mass is 10.2. The number of nitrogens with one attached hydrogen (secondary N) is 1. The third-order valence-corrected chi connectivity index (χ3v) is 4.66. The van der Waals surface area contributed by atoms with E-state index in [0.29, 0.717) is 19.9 Å². The molecule has 160 valence electrons. The van der Waals surface area contributed by atoms with Crippen LogP contribution in [0.4, 0.5) is 0 Å². The van der Waals surface area contributed by atoms with Crippen LogP contribution in [0.15, 0.2) is 12.3 Å². The number of hydrogen-bond donors (Lipinski definition) is 3. The first-order valence-electron chi connectivity index (χ1n) is 9.87. The molecule has 10 heteroatoms. The van der Waals surface area contributed by atoms with Crippen molar-refractivity contribution in [1.29, 1.82) is 0 Å². The molecule has 2 saturated heterocycles. The summed E-state index contributed by atoms with van der Waals surface area (Å²) < 4.78 is 15.6. The molecule has 2 atom stereocenters. The van der Waals surface area contributed by atoms with Crippen LogP contribution in [0.25, 0.3) is 0 Å². The molecular formula is C18H33N5O5. The first kappa shape index (κ1) is 22.6. The predicted molar refractivity (Wildman–Crippen MR) is 103 cm³/mol. The standard InChI is InChI=1S/C14H26N4O4.C4H7NO/c15-11(19)13-17(7-3-9-21-13)5-1-2-6-18-8-4-10-22-14(18)12(16)20;1-2-5-4-6-3-1/h13-14H,1-10H2,(H2,15,19)(H2,16,20);1,3,5H,2,4H2. The van der Waals surface area contributed by atoms with Gasteiger partial charge in [0.2, 0.25) is 0 Å². The molecule has 28 heavy (non-hydrogen) atoms. The SMILES string of the molecule is C1=COCNC1.NC(=O)C1OCCCN1CCCCN1CCCOC1C(N)=O. The van der Waals surface area contributed by atoms with Gasteiger partial charge in [0.05, 0.1) is 19.5 Å². The van der Waals surface area contributed by atoms with Crippen molar-refractivity contribution in [1.82, 2.24) is 15.1 Å². The summed E-state index contributed by atoms with van der Waals surface area (Å²) in [4.78, 5) is 26.6. The van der Waals surface area contributed by atoms with Crippen LogP contribution < -0.4 is 16.8 Å². The minimum Gasteiger partial charge on any atom is -0.486 e. The summed E-state index contributed by atoms with van der Waals surface area (Å²) in [5.41, 5.74) is 10.7. The number of nitrogens with two attached hydrogens (primary N) is 2. The maximum atomic E-state index is 11.3. The van der Waals surface area contributed by atoms with Crippen LogP contribution in [0.2, 0.25) is 0 Å². The fraction of sp³-hybridized carbons (Fsp3) is 0.778. The summed E-state index contributed by atoms with van der Waals surface area (Å²) in [5.74, 6) is -0.865. The van der Waals surface area contributed by atoms with Crippen LogP contribution in [0.5, 0.6) is 0 Å². The van der Waals surface area contributed by atoms with Gasteiger partial charge in [0.1, 0.15) is 6.73 Å². The number of primary amides is 2. The second-order valence-electron chi connectivity index (χ2n) is 6.87. The van der Waals surface area contributed by atoms with Crippen molar-refractivity contribution in [3.63, 3.8) is 0 Å². The average Bonchev–Trinajstić information content (AvgIpc) is 2.73. The molecule has 3 rings (SSSR count). The normalized spacial score (nSPS) is 26.0. The number of rotatable bonds is 7. The van der Waals surface area contributed by atoms with Gasteiger partial charge in [-0.3, -0.25) is 24.7 Å². The Bertz CT molecular complexity index is 475. The Balaban J connectivity index is 0.000000397. The number of unbranched alkanes of at least 4 members (excludes halogenated alkanes) is 1. The van der Waals surface area contributed by atoms with Crippen LogP contribution >= 0.6 is 0 Å². The Morgan fingerprint density at radius 3 is 1.82 bits per heavy atom. The lowest BCUT2D eigenvalue weighted by molar-refractivity contribution is -0.153. The molecule has 5 N–H and O–H groups in total. The van der Waals surface area contributed by atoms with Gasteiger partial charge in [-0.2, -0.15) is 0 Å². The van der Waals surface area contributed by atoms with Crippen LogP contribution in [0.3, 0.4) is 0 Å². The molecule has 0 aromatic rings. The number of carbonyl (C=O) groups is 2. The van der Waals surface area contributed by atoms with E-state index in [1.54, 1.807) is 6.26 Å². The summed E-state index contributed by atoms with van der Waals surface area (Å²) in [6.45, 7) is 5.92. The highest BCUT2D eigenvalue weighted by molar-refractivity contribution is 5.78. The largest absolute Gasteiger partial charge is 0.486 e. The van der Waals surface area contributed by atoms with Crippen molar-refractivity contribution in [3.05, 3.63) is 12.3 Å². The Kier molecular flexibility index (Phi) is 10.2. The smallest absolute Gasteiger partial charge is 0.261 e. The third kappa shape index (κ3) is 7.72. The molecule has 0 aromatic carbocycles. The zero-order valence-corrected chi connectivity index (χ0v) is 16.4. The van der Waals surface area contributed by atoms with Gasteiger partial charge in [0.15, 0.2) is 12.5 Å². The van der Waals surface area contributed by atoms with E-state index in [4.69, 9.17) is 25.7 Å². The quantitative estimate of drug-likeness (QED) is 0.460. The zero-order valence-electron chi connectivity index (χ0n) is 16.4. The maximum absolute atomic E-state index is 11.3. The minimum atomic E-state index is -0.606. The highest BCUT2D eigenvalue weighted by Gasteiger charge is 2.29. The molecule has 3 heterocycles. The van der Waals surface area contributed by atoms with Crippen molar-refractivity contribution >= 4 is 11.8 Å². The Labute approximate surface area is 166 Å². The topological polar surface area (TPSA) is 132 Å². The van der Waals surface area contributed by atoms with E-state index in [-0.39, 0.29) is 0 Å². The van der Waals surface area contributed by atoms with Crippen LogP contribution in [-0.2, 0) is 23.8 Å². The Morgan fingerprint density at radius 1 is 0.964 bits per heavy atom. The van der Waals surface area contributed by atoms with E-state index in [1.807, 2.05) is 15.9 Å². The van der Waals surface area contributed by atoms with Crippen molar-refractivity contribution < 1.29 is 23.8 Å². The van der Waals surface area contributed by atoms with Gasteiger partial charge >= 0.3 is 0 Å². The summed E-state index contributed by atoms with van der Waals surface area (Å²) in [6, 6.07) is 0. The van der Waals surface area contributed by atoms with Gasteiger partial charge in [0, 0.05) is 32.7 Å². The summed E-state index contributed by atoms with van der Waals surface area (Å²) >= 11 is 0. The molecule has 2 amide bonds. The fourth-order valence-corrected chi connectivity index (χ4v) is 3.35. The molecule has 0 bridgehead atoms. The van der Waals surface area contributed by atoms with Crippen molar-refractivity contribution in [2.45, 2.75) is 38.1 Å². The van der Waals surface area contributed by atoms with E-state index in [2.05, 4.69) is 5.32 Å². The van der Waals surface area contributed by atoms with Crippen molar-refractivity contribution in [3.8, 4) is 0 Å². The van der Waals surface area contributed by atoms with Gasteiger partial charge in [-0.15, -0.1) is 0 Å². The van der Waals surface area contributed by atoms with Gasteiger partial charge in [-0.1, -0.05) is 0 Å². The van der Waals surface area contributed by atoms with Gasteiger partial charge in [-0.05, 0) is 31.8 Å². The van der Waals surface area contributed by atoms with Gasteiger partial charge in [0.25, 0.3) is 11.8 Å². The van der Waals surface area contributed by atoms with Crippen LogP contribution in [0.1, 0.15) is 25.7 Å². The summed E-state index contributed by atoms with van der Waals surface area (Å²) in [7, 11) is 0. The lowest BCUT2D eigenvalue weighted by Gasteiger charge is -2.35. The highest BCUT2D eigenvalue weighted by Crippen LogP contribution is 2.14. The molecule has 0 saturated carbocycles. The van der Waals surface area contributed by atoms with Crippen molar-refractivity contribution in [2.24, 2.45) is 11.5 Å². The molecule has 2 fully saturated rings. The Morgan fingerprint density at radius 2 is 1.50 bits per heavy atom. The molecule has 3 aliphatic rings. The van der Waals surface area contributed by atoms with Crippen LogP contribution in [-0.4, -0.2) is 86.7 Å². The van der Waals surface area contributed by atoms with E-state index in [9.17, 15) is 9.59 Å². The average molecular weight is 399 g/mol. The summed E-state index contributed by atoms with van der Waals surface area (Å²) in [6.07, 6.45) is 6.04. The van der Waals surface area contributed by atoms with E-state index in [1.165, 1.54) is 0 Å². The third-order valence-electron chi connectivity index (χ3n) is 4.66. The molecular weight excluding hydrogens is 366 g/mol. The van der Waals surface area contributed by atoms with Crippen molar-refractivity contribution in [2.75, 3.05) is 52.7 Å². The minimum absolute atomic E-state index is 0.432. The fourth-order valence-electron chi connectivity index (χ4n) is 3.35. The van der Waals surface area contributed by atoms with Gasteiger partial charge < -0.3 is 25.7 Å². The lowest BCUT2D eigenvalue weighted by Crippen LogP contribution is -2.51. The Hall–Kier alpha value is -1.72. The molecule has 3 aliphatic heterocycles. The number of nitrogens with zero attached hydrogens (tertiary/aromatic N) is 2. The molecule has 0 spiro atoms. The molecule has 0 aliphatic carbocycles. The molecule has 0 aromatic heterocycles. The van der Waals surface area contributed by atoms with E-state index < -0.39 is 24.3 Å². The zero-order chi connectivity index (χ0) is 20.2. The molecule has 2 unspecified atom stereocenters. The second-order valence-corrected chi connectivity index (χ2v) is 6.87. The molecule has 10 nitrogen and oxygen atoms in total. The molecule has 0 radical (unpaired) electrons. The predicted octanol–water partition coefficient (Wildman–Crippen LogP) is -1.09. The number of ether oxygens (including phenoxy) is 3. The van der Waals surface area contributed by atoms with E-state index >= 15 is 0 Å².